The van der Waals surface area contributed by atoms with E-state index >= 15 is 0 Å². The van der Waals surface area contributed by atoms with E-state index < -0.39 is 5.41 Å². The molecule has 4 aromatic rings. The van der Waals surface area contributed by atoms with Crippen molar-refractivity contribution in [2.24, 2.45) is 0 Å². The fraction of sp³-hybridized carbons (Fsp3) is 0.276. The van der Waals surface area contributed by atoms with Crippen LogP contribution in [0.15, 0.2) is 72.9 Å². The average molecular weight is 473 g/mol. The van der Waals surface area contributed by atoms with Crippen molar-refractivity contribution in [1.82, 2.24) is 10.3 Å². The second-order valence-corrected chi connectivity index (χ2v) is 9.08. The van der Waals surface area contributed by atoms with Gasteiger partial charge in [-0.25, -0.2) is 4.39 Å². The predicted octanol–water partition coefficient (Wildman–Crippen LogP) is 5.69. The zero-order valence-corrected chi connectivity index (χ0v) is 19.9. The molecule has 0 bridgehead atoms. The number of amides is 1. The number of hydrogen-bond acceptors (Lipinski definition) is 3. The topological polar surface area (TPSA) is 63.3 Å². The summed E-state index contributed by atoms with van der Waals surface area (Å²) < 4.78 is 24.8. The lowest BCUT2D eigenvalue weighted by atomic mass is 9.63. The standard InChI is InChI=1S/C29H29FN2O3/c1-34-26-10-5-8-22(27(26)35-2)24(23-17-31-25-9-4-3-7-21(23)25)18-32-28(33)29(15-6-16-29)19-11-13-20(30)14-12-19/h3-5,7-14,17,24,31H,6,15-16,18H2,1-2H3,(H,32,33). The maximum absolute atomic E-state index is 13.6. The van der Waals surface area contributed by atoms with Crippen molar-refractivity contribution in [1.29, 1.82) is 0 Å². The molecule has 6 heteroatoms. The molecule has 5 nitrogen and oxygen atoms in total. The Bertz CT molecular complexity index is 1340. The van der Waals surface area contributed by atoms with Crippen LogP contribution in [-0.2, 0) is 10.2 Å². The van der Waals surface area contributed by atoms with Gasteiger partial charge in [-0.05, 0) is 48.2 Å². The van der Waals surface area contributed by atoms with Crippen LogP contribution in [-0.4, -0.2) is 31.7 Å². The molecule has 1 atom stereocenters. The van der Waals surface area contributed by atoms with Crippen LogP contribution in [0.25, 0.3) is 10.9 Å². The number of methoxy groups -OCH3 is 2. The Morgan fingerprint density at radius 1 is 1.00 bits per heavy atom. The number of rotatable bonds is 8. The molecule has 1 aromatic heterocycles. The molecule has 1 amide bonds. The van der Waals surface area contributed by atoms with E-state index in [1.807, 2.05) is 42.6 Å². The van der Waals surface area contributed by atoms with Crippen molar-refractivity contribution in [3.8, 4) is 11.5 Å². The third kappa shape index (κ3) is 4.03. The number of para-hydroxylation sites is 2. The van der Waals surface area contributed by atoms with E-state index in [1.165, 1.54) is 12.1 Å². The van der Waals surface area contributed by atoms with Crippen LogP contribution in [0.2, 0.25) is 0 Å². The number of aromatic nitrogens is 1. The molecule has 5 rings (SSSR count). The summed E-state index contributed by atoms with van der Waals surface area (Å²) in [5.74, 6) is 0.792. The highest BCUT2D eigenvalue weighted by molar-refractivity contribution is 5.90. The summed E-state index contributed by atoms with van der Waals surface area (Å²) >= 11 is 0. The number of carbonyl (C=O) groups is 1. The lowest BCUT2D eigenvalue weighted by Gasteiger charge is -2.41. The Morgan fingerprint density at radius 2 is 1.77 bits per heavy atom. The van der Waals surface area contributed by atoms with E-state index in [1.54, 1.807) is 26.4 Å². The summed E-state index contributed by atoms with van der Waals surface area (Å²) in [4.78, 5) is 17.0. The Kier molecular flexibility index (Phi) is 6.20. The van der Waals surface area contributed by atoms with Gasteiger partial charge in [0.25, 0.3) is 0 Å². The summed E-state index contributed by atoms with van der Waals surface area (Å²) in [5, 5.41) is 4.33. The first-order valence-electron chi connectivity index (χ1n) is 11.9. The van der Waals surface area contributed by atoms with Crippen LogP contribution in [0.4, 0.5) is 4.39 Å². The summed E-state index contributed by atoms with van der Waals surface area (Å²) in [6.07, 6.45) is 4.48. The van der Waals surface area contributed by atoms with Gasteiger partial charge in [-0.1, -0.05) is 48.9 Å². The van der Waals surface area contributed by atoms with Crippen molar-refractivity contribution in [3.05, 3.63) is 95.4 Å². The maximum Gasteiger partial charge on any atom is 0.230 e. The highest BCUT2D eigenvalue weighted by Crippen LogP contribution is 2.45. The molecule has 0 aliphatic heterocycles. The largest absolute Gasteiger partial charge is 0.493 e. The highest BCUT2D eigenvalue weighted by atomic mass is 19.1. The van der Waals surface area contributed by atoms with Crippen LogP contribution in [0, 0.1) is 5.82 Å². The molecule has 1 heterocycles. The molecular weight excluding hydrogens is 443 g/mol. The van der Waals surface area contributed by atoms with Crippen molar-refractivity contribution in [2.75, 3.05) is 20.8 Å². The van der Waals surface area contributed by atoms with Crippen molar-refractivity contribution >= 4 is 16.8 Å². The van der Waals surface area contributed by atoms with Gasteiger partial charge in [0.2, 0.25) is 5.91 Å². The fourth-order valence-electron chi connectivity index (χ4n) is 5.27. The van der Waals surface area contributed by atoms with Gasteiger partial charge in [-0.3, -0.25) is 4.79 Å². The summed E-state index contributed by atoms with van der Waals surface area (Å²) in [7, 11) is 3.25. The fourth-order valence-corrected chi connectivity index (χ4v) is 5.27. The molecular formula is C29H29FN2O3. The average Bonchev–Trinajstić information content (AvgIpc) is 3.28. The van der Waals surface area contributed by atoms with Gasteiger partial charge in [-0.2, -0.15) is 0 Å². The van der Waals surface area contributed by atoms with E-state index in [4.69, 9.17) is 9.47 Å². The first-order chi connectivity index (χ1) is 17.1. The lowest BCUT2D eigenvalue weighted by Crippen LogP contribution is -2.50. The van der Waals surface area contributed by atoms with Gasteiger partial charge in [-0.15, -0.1) is 0 Å². The van der Waals surface area contributed by atoms with Crippen LogP contribution in [0.1, 0.15) is 41.9 Å². The monoisotopic (exact) mass is 472 g/mol. The third-order valence-electron chi connectivity index (χ3n) is 7.31. The molecule has 35 heavy (non-hydrogen) atoms. The molecule has 0 spiro atoms. The summed E-state index contributed by atoms with van der Waals surface area (Å²) in [6.45, 7) is 0.382. The molecule has 0 radical (unpaired) electrons. The Labute approximate surface area is 204 Å². The zero-order chi connectivity index (χ0) is 24.4. The molecule has 1 aliphatic rings. The van der Waals surface area contributed by atoms with Crippen LogP contribution in [0.5, 0.6) is 11.5 Å². The van der Waals surface area contributed by atoms with E-state index in [9.17, 15) is 9.18 Å². The number of aromatic amines is 1. The van der Waals surface area contributed by atoms with Gasteiger partial charge in [0.05, 0.1) is 19.6 Å². The molecule has 2 N–H and O–H groups in total. The van der Waals surface area contributed by atoms with Gasteiger partial charge < -0.3 is 19.8 Å². The number of carbonyl (C=O) groups excluding carboxylic acids is 1. The second kappa shape index (κ2) is 9.45. The van der Waals surface area contributed by atoms with E-state index in [0.717, 1.165) is 46.9 Å². The smallest absolute Gasteiger partial charge is 0.230 e. The van der Waals surface area contributed by atoms with Gasteiger partial charge >= 0.3 is 0 Å². The zero-order valence-electron chi connectivity index (χ0n) is 19.9. The Morgan fingerprint density at radius 3 is 2.46 bits per heavy atom. The minimum Gasteiger partial charge on any atom is -0.493 e. The van der Waals surface area contributed by atoms with Crippen molar-refractivity contribution < 1.29 is 18.7 Å². The molecule has 1 fully saturated rings. The maximum atomic E-state index is 13.6. The highest BCUT2D eigenvalue weighted by Gasteiger charge is 2.45. The predicted molar refractivity (Wildman–Crippen MR) is 135 cm³/mol. The molecule has 1 saturated carbocycles. The quantitative estimate of drug-likeness (QED) is 0.346. The number of nitrogens with one attached hydrogen (secondary N) is 2. The van der Waals surface area contributed by atoms with Gasteiger partial charge in [0.15, 0.2) is 11.5 Å². The number of ether oxygens (including phenoxy) is 2. The SMILES string of the molecule is COc1cccc(C(CNC(=O)C2(c3ccc(F)cc3)CCC2)c2c[nH]c3ccccc23)c1OC. The van der Waals surface area contributed by atoms with E-state index in [0.29, 0.717) is 18.0 Å². The first-order valence-corrected chi connectivity index (χ1v) is 11.9. The summed E-state index contributed by atoms with van der Waals surface area (Å²) in [6, 6.07) is 20.3. The summed E-state index contributed by atoms with van der Waals surface area (Å²) in [5.41, 5.74) is 3.28. The van der Waals surface area contributed by atoms with Crippen molar-refractivity contribution in [3.63, 3.8) is 0 Å². The molecule has 1 unspecified atom stereocenters. The van der Waals surface area contributed by atoms with Crippen LogP contribution < -0.4 is 14.8 Å². The number of benzene rings is 3. The molecule has 0 saturated heterocycles. The number of halogens is 1. The minimum atomic E-state index is -0.614. The lowest BCUT2D eigenvalue weighted by molar-refractivity contribution is -0.129. The van der Waals surface area contributed by atoms with Gasteiger partial charge in [0, 0.05) is 35.1 Å². The molecule has 3 aromatic carbocycles. The van der Waals surface area contributed by atoms with Crippen LogP contribution >= 0.6 is 0 Å². The van der Waals surface area contributed by atoms with Crippen LogP contribution in [0.3, 0.4) is 0 Å². The van der Waals surface area contributed by atoms with E-state index in [-0.39, 0.29) is 17.6 Å². The normalized spacial score (nSPS) is 15.3. The second-order valence-electron chi connectivity index (χ2n) is 9.08. The Hall–Kier alpha value is -3.80. The Balaban J connectivity index is 1.51. The first kappa shape index (κ1) is 23.0. The van der Waals surface area contributed by atoms with E-state index in [2.05, 4.69) is 16.4 Å². The van der Waals surface area contributed by atoms with Gasteiger partial charge in [0.1, 0.15) is 5.82 Å². The molecule has 180 valence electrons. The third-order valence-corrected chi connectivity index (χ3v) is 7.31. The number of hydrogen-bond donors (Lipinski definition) is 2. The molecule has 1 aliphatic carbocycles. The minimum absolute atomic E-state index is 0.0259. The number of fused-ring (bicyclic) bond motifs is 1. The number of H-pyrrole nitrogens is 1. The van der Waals surface area contributed by atoms with Crippen molar-refractivity contribution in [2.45, 2.75) is 30.6 Å².